The van der Waals surface area contributed by atoms with Crippen LogP contribution in [-0.2, 0) is 18.6 Å². The van der Waals surface area contributed by atoms with Crippen LogP contribution in [0.1, 0.15) is 6.23 Å². The molecular formula is C12H15N2O9P. The van der Waals surface area contributed by atoms with Crippen LogP contribution in [0.3, 0.4) is 0 Å². The maximum absolute atomic E-state index is 11.9. The van der Waals surface area contributed by atoms with E-state index in [2.05, 4.69) is 10.4 Å². The first-order valence-corrected chi connectivity index (χ1v) is 8.16. The second-order valence-corrected chi connectivity index (χ2v) is 6.00. The van der Waals surface area contributed by atoms with Crippen LogP contribution in [0.5, 0.6) is 0 Å². The first-order valence-electron chi connectivity index (χ1n) is 6.63. The van der Waals surface area contributed by atoms with E-state index in [-0.39, 0.29) is 6.61 Å². The Balaban J connectivity index is 2.42. The van der Waals surface area contributed by atoms with E-state index in [4.69, 9.17) is 25.7 Å². The fourth-order valence-corrected chi connectivity index (χ4v) is 2.89. The Hall–Kier alpha value is -1.77. The average Bonchev–Trinajstić information content (AvgIpc) is 2.81. The number of aromatic amines is 1. The third-order valence-electron chi connectivity index (χ3n) is 3.21. The lowest BCUT2D eigenvalue weighted by Gasteiger charge is -2.24. The second kappa shape index (κ2) is 7.42. The lowest BCUT2D eigenvalue weighted by Crippen LogP contribution is -2.40. The Morgan fingerprint density at radius 1 is 1.42 bits per heavy atom. The number of hydrogen-bond donors (Lipinski definition) is 4. The van der Waals surface area contributed by atoms with Gasteiger partial charge in [-0.2, -0.15) is 0 Å². The number of phosphoric ester groups is 1. The molecule has 0 aromatic carbocycles. The van der Waals surface area contributed by atoms with Gasteiger partial charge >= 0.3 is 13.5 Å². The van der Waals surface area contributed by atoms with E-state index in [1.807, 2.05) is 4.98 Å². The number of aliphatic hydroxyl groups is 1. The predicted octanol–water partition coefficient (Wildman–Crippen LogP) is -2.08. The summed E-state index contributed by atoms with van der Waals surface area (Å²) < 4.78 is 27.4. The maximum atomic E-state index is 11.9. The lowest BCUT2D eigenvalue weighted by atomic mass is 10.1. The normalized spacial score (nSPS) is 27.1. The smallest absolute Gasteiger partial charge is 0.394 e. The van der Waals surface area contributed by atoms with Crippen LogP contribution in [0.15, 0.2) is 21.9 Å². The number of aliphatic hydroxyl groups excluding tert-OH is 1. The molecule has 4 N–H and O–H groups in total. The number of phosphoric acid groups is 1. The molecule has 0 spiro atoms. The van der Waals surface area contributed by atoms with Crippen molar-refractivity contribution in [2.24, 2.45) is 0 Å². The molecule has 1 aliphatic heterocycles. The standard InChI is InChI=1S/C12H15N2O9P/c1-2-5-21-10-9(23-24(18,19)20)7(6-15)22-11(10)14-4-3-8(16)13-12(14)17/h1,3-4,7,9-11,15H,5-6H2,(H,13,16,17)(H2,18,19,20)/t7-,9-,10-,11-/m1/s1. The van der Waals surface area contributed by atoms with Crippen molar-refractivity contribution in [2.75, 3.05) is 13.2 Å². The monoisotopic (exact) mass is 362 g/mol. The van der Waals surface area contributed by atoms with Gasteiger partial charge in [0.25, 0.3) is 5.56 Å². The molecule has 1 fully saturated rings. The third kappa shape index (κ3) is 4.19. The number of ether oxygens (including phenoxy) is 2. The van der Waals surface area contributed by atoms with Crippen molar-refractivity contribution in [3.63, 3.8) is 0 Å². The molecule has 1 aromatic heterocycles. The van der Waals surface area contributed by atoms with Gasteiger partial charge < -0.3 is 24.4 Å². The van der Waals surface area contributed by atoms with Crippen LogP contribution >= 0.6 is 7.82 Å². The minimum Gasteiger partial charge on any atom is -0.394 e. The van der Waals surface area contributed by atoms with E-state index >= 15 is 0 Å². The van der Waals surface area contributed by atoms with E-state index in [0.717, 1.165) is 16.8 Å². The summed E-state index contributed by atoms with van der Waals surface area (Å²) in [4.78, 5) is 43.1. The summed E-state index contributed by atoms with van der Waals surface area (Å²) in [5.41, 5.74) is -1.48. The highest BCUT2D eigenvalue weighted by atomic mass is 31.2. The van der Waals surface area contributed by atoms with Crippen LogP contribution in [0, 0.1) is 12.3 Å². The number of nitrogens with zero attached hydrogens (tertiary/aromatic N) is 1. The number of rotatable bonds is 6. The molecule has 0 saturated carbocycles. The third-order valence-corrected chi connectivity index (χ3v) is 3.73. The Kier molecular flexibility index (Phi) is 5.74. The number of hydrogen-bond acceptors (Lipinski definition) is 7. The fourth-order valence-electron chi connectivity index (χ4n) is 2.31. The van der Waals surface area contributed by atoms with Crippen LogP contribution in [-0.4, -0.2) is 56.0 Å². The van der Waals surface area contributed by atoms with Crippen molar-refractivity contribution >= 4 is 7.82 Å². The minimum absolute atomic E-state index is 0.262. The maximum Gasteiger partial charge on any atom is 0.470 e. The summed E-state index contributed by atoms with van der Waals surface area (Å²) in [7, 11) is -4.94. The van der Waals surface area contributed by atoms with E-state index in [9.17, 15) is 19.3 Å². The van der Waals surface area contributed by atoms with Gasteiger partial charge in [0, 0.05) is 12.3 Å². The number of aromatic nitrogens is 2. The van der Waals surface area contributed by atoms with Crippen molar-refractivity contribution < 1.29 is 33.5 Å². The fraction of sp³-hybridized carbons (Fsp3) is 0.500. The first-order chi connectivity index (χ1) is 11.3. The van der Waals surface area contributed by atoms with Gasteiger partial charge in [-0.25, -0.2) is 9.36 Å². The van der Waals surface area contributed by atoms with E-state index in [1.54, 1.807) is 0 Å². The molecule has 1 aliphatic rings. The second-order valence-electron chi connectivity index (χ2n) is 4.81. The highest BCUT2D eigenvalue weighted by molar-refractivity contribution is 7.46. The topological polar surface area (TPSA) is 160 Å². The van der Waals surface area contributed by atoms with Crippen molar-refractivity contribution in [1.82, 2.24) is 9.55 Å². The van der Waals surface area contributed by atoms with Crippen LogP contribution in [0.4, 0.5) is 0 Å². The van der Waals surface area contributed by atoms with Gasteiger partial charge in [-0.1, -0.05) is 5.92 Å². The van der Waals surface area contributed by atoms with E-state index < -0.39 is 50.2 Å². The highest BCUT2D eigenvalue weighted by Crippen LogP contribution is 2.44. The summed E-state index contributed by atoms with van der Waals surface area (Å²) in [6.45, 7) is -0.920. The molecule has 0 amide bonds. The molecule has 12 heteroatoms. The summed E-state index contributed by atoms with van der Waals surface area (Å²) in [5.74, 6) is 2.17. The molecular weight excluding hydrogens is 347 g/mol. The van der Waals surface area contributed by atoms with Crippen molar-refractivity contribution in [3.8, 4) is 12.3 Å². The SMILES string of the molecule is C#CCO[C@@H]1[C@H](OP(=O)(O)O)[C@@H](CO)O[C@H]1n1ccc(=O)[nH]c1=O. The number of terminal acetylenes is 1. The van der Waals surface area contributed by atoms with Crippen molar-refractivity contribution in [2.45, 2.75) is 24.5 Å². The van der Waals surface area contributed by atoms with Crippen molar-refractivity contribution in [1.29, 1.82) is 0 Å². The highest BCUT2D eigenvalue weighted by Gasteiger charge is 2.49. The molecule has 132 valence electrons. The van der Waals surface area contributed by atoms with E-state index in [0.29, 0.717) is 0 Å². The van der Waals surface area contributed by atoms with Crippen molar-refractivity contribution in [3.05, 3.63) is 33.1 Å². The molecule has 1 saturated heterocycles. The van der Waals surface area contributed by atoms with E-state index in [1.165, 1.54) is 0 Å². The molecule has 0 unspecified atom stereocenters. The zero-order valence-corrected chi connectivity index (χ0v) is 13.0. The first kappa shape index (κ1) is 18.6. The molecule has 4 atom stereocenters. The number of H-pyrrole nitrogens is 1. The molecule has 24 heavy (non-hydrogen) atoms. The molecule has 0 radical (unpaired) electrons. The number of nitrogens with one attached hydrogen (secondary N) is 1. The molecule has 2 heterocycles. The van der Waals surface area contributed by atoms with Gasteiger partial charge in [0.15, 0.2) is 6.23 Å². The average molecular weight is 362 g/mol. The Labute approximate surface area is 135 Å². The van der Waals surface area contributed by atoms with Gasteiger partial charge in [0.05, 0.1) is 6.61 Å². The molecule has 0 aliphatic carbocycles. The molecule has 2 rings (SSSR count). The van der Waals surface area contributed by atoms with Crippen LogP contribution in [0.2, 0.25) is 0 Å². The quantitative estimate of drug-likeness (QED) is 0.329. The van der Waals surface area contributed by atoms with Crippen LogP contribution in [0.25, 0.3) is 0 Å². The molecule has 0 bridgehead atoms. The molecule has 1 aromatic rings. The van der Waals surface area contributed by atoms with Gasteiger partial charge in [-0.05, 0) is 0 Å². The zero-order chi connectivity index (χ0) is 17.9. The van der Waals surface area contributed by atoms with Gasteiger partial charge in [0.2, 0.25) is 0 Å². The zero-order valence-electron chi connectivity index (χ0n) is 12.1. The summed E-state index contributed by atoms with van der Waals surface area (Å²) in [5, 5.41) is 9.36. The summed E-state index contributed by atoms with van der Waals surface area (Å²) in [6, 6.07) is 1.05. The Morgan fingerprint density at radius 2 is 2.12 bits per heavy atom. The van der Waals surface area contributed by atoms with Gasteiger partial charge in [-0.15, -0.1) is 6.42 Å². The largest absolute Gasteiger partial charge is 0.470 e. The van der Waals surface area contributed by atoms with Gasteiger partial charge in [0.1, 0.15) is 24.9 Å². The Morgan fingerprint density at radius 3 is 2.67 bits per heavy atom. The lowest BCUT2D eigenvalue weighted by molar-refractivity contribution is -0.0677. The molecule has 11 nitrogen and oxygen atoms in total. The van der Waals surface area contributed by atoms with Gasteiger partial charge in [-0.3, -0.25) is 18.9 Å². The Bertz CT molecular complexity index is 776. The summed E-state index contributed by atoms with van der Waals surface area (Å²) >= 11 is 0. The summed E-state index contributed by atoms with van der Waals surface area (Å²) in [6.07, 6.45) is 1.20. The predicted molar refractivity (Wildman–Crippen MR) is 77.8 cm³/mol. The van der Waals surface area contributed by atoms with Crippen LogP contribution < -0.4 is 11.2 Å². The minimum atomic E-state index is -4.94.